The highest BCUT2D eigenvalue weighted by molar-refractivity contribution is 5.83. The highest BCUT2D eigenvalue weighted by Crippen LogP contribution is 2.40. The fraction of sp³-hybridized carbons (Fsp3) is 0. The first-order chi connectivity index (χ1) is 30.3. The van der Waals surface area contributed by atoms with E-state index < -0.39 is 0 Å². The standard InChI is InChI=1S/C54H36F5N3/c55-41-9-27-50(28-10-41)60(46-19-1-37(2-20-46)39-5-23-48(24-6-39)61(51-29-11-42(56)12-30-51)52-31-13-43(57)14-32-52)47-21-3-38(4-22-47)40-7-25-49(26-8-40)62(53-33-15-44(58)16-34-53)54-35-17-45(59)18-36-54/h1-36H. The normalized spacial score (nSPS) is 11.0. The van der Waals surface area contributed by atoms with Crippen LogP contribution in [0.5, 0.6) is 0 Å². The van der Waals surface area contributed by atoms with Gasteiger partial charge in [-0.3, -0.25) is 0 Å². The summed E-state index contributed by atoms with van der Waals surface area (Å²) in [5, 5.41) is 0. The fourth-order valence-corrected chi connectivity index (χ4v) is 7.50. The van der Waals surface area contributed by atoms with Crippen molar-refractivity contribution in [2.24, 2.45) is 0 Å². The Hall–Kier alpha value is -7.97. The summed E-state index contributed by atoms with van der Waals surface area (Å²) in [5.74, 6) is -1.71. The second kappa shape index (κ2) is 17.3. The Morgan fingerprint density at radius 2 is 0.274 bits per heavy atom. The molecule has 0 spiro atoms. The topological polar surface area (TPSA) is 9.72 Å². The average Bonchev–Trinajstić information content (AvgIpc) is 3.31. The molecule has 9 aromatic rings. The van der Waals surface area contributed by atoms with Crippen LogP contribution in [0.2, 0.25) is 0 Å². The lowest BCUT2D eigenvalue weighted by atomic mass is 10.0. The van der Waals surface area contributed by atoms with Gasteiger partial charge in [-0.25, -0.2) is 22.0 Å². The Morgan fingerprint density at radius 3 is 0.403 bits per heavy atom. The average molecular weight is 822 g/mol. The lowest BCUT2D eigenvalue weighted by molar-refractivity contribution is 0.627. The molecule has 0 radical (unpaired) electrons. The van der Waals surface area contributed by atoms with Crippen LogP contribution in [0.15, 0.2) is 218 Å². The molecule has 62 heavy (non-hydrogen) atoms. The minimum absolute atomic E-state index is 0.332. The Balaban J connectivity index is 0.980. The first kappa shape index (κ1) is 39.5. The van der Waals surface area contributed by atoms with E-state index in [0.717, 1.165) is 73.4 Å². The van der Waals surface area contributed by atoms with E-state index >= 15 is 0 Å². The molecule has 0 N–H and O–H groups in total. The van der Waals surface area contributed by atoms with Crippen LogP contribution in [-0.2, 0) is 0 Å². The summed E-state index contributed by atoms with van der Waals surface area (Å²) in [6.45, 7) is 0. The molecule has 9 aromatic carbocycles. The molecule has 0 saturated carbocycles. The van der Waals surface area contributed by atoms with Crippen molar-refractivity contribution in [1.82, 2.24) is 0 Å². The molecule has 0 aliphatic heterocycles. The van der Waals surface area contributed by atoms with Crippen LogP contribution in [0.1, 0.15) is 0 Å². The van der Waals surface area contributed by atoms with Gasteiger partial charge >= 0.3 is 0 Å². The van der Waals surface area contributed by atoms with Crippen molar-refractivity contribution in [3.8, 4) is 22.3 Å². The lowest BCUT2D eigenvalue weighted by Crippen LogP contribution is -2.10. The van der Waals surface area contributed by atoms with Gasteiger partial charge in [0.25, 0.3) is 0 Å². The SMILES string of the molecule is Fc1ccc(N(c2ccc(F)cc2)c2ccc(-c3ccc(N(c4ccc(F)cc4)c4ccc(-c5ccc(N(c6ccc(F)cc6)c6ccc(F)cc6)cc5)cc4)cc3)cc2)cc1. The van der Waals surface area contributed by atoms with Crippen molar-refractivity contribution >= 4 is 51.2 Å². The van der Waals surface area contributed by atoms with Gasteiger partial charge in [-0.15, -0.1) is 0 Å². The van der Waals surface area contributed by atoms with Gasteiger partial charge < -0.3 is 14.7 Å². The third kappa shape index (κ3) is 8.53. The van der Waals surface area contributed by atoms with Crippen LogP contribution in [-0.4, -0.2) is 0 Å². The molecule has 0 amide bonds. The monoisotopic (exact) mass is 821 g/mol. The molecule has 0 bridgehead atoms. The molecule has 0 aliphatic carbocycles. The molecule has 0 aromatic heterocycles. The Labute approximate surface area is 356 Å². The maximum atomic E-state index is 14.2. The molecule has 0 unspecified atom stereocenters. The van der Waals surface area contributed by atoms with E-state index in [4.69, 9.17) is 0 Å². The van der Waals surface area contributed by atoms with E-state index in [2.05, 4.69) is 4.90 Å². The van der Waals surface area contributed by atoms with Crippen molar-refractivity contribution in [1.29, 1.82) is 0 Å². The highest BCUT2D eigenvalue weighted by Gasteiger charge is 2.17. The zero-order chi connectivity index (χ0) is 42.6. The zero-order valence-electron chi connectivity index (χ0n) is 33.0. The molecule has 3 nitrogen and oxygen atoms in total. The first-order valence-corrected chi connectivity index (χ1v) is 19.8. The van der Waals surface area contributed by atoms with Gasteiger partial charge in [-0.05, 0) is 192 Å². The van der Waals surface area contributed by atoms with Crippen LogP contribution >= 0.6 is 0 Å². The van der Waals surface area contributed by atoms with E-state index in [1.54, 1.807) is 60.7 Å². The first-order valence-electron chi connectivity index (χ1n) is 19.8. The van der Waals surface area contributed by atoms with Gasteiger partial charge in [0.05, 0.1) is 0 Å². The van der Waals surface area contributed by atoms with Crippen molar-refractivity contribution < 1.29 is 22.0 Å². The quantitative estimate of drug-likeness (QED) is 0.120. The summed E-state index contributed by atoms with van der Waals surface area (Å²) in [7, 11) is 0. The van der Waals surface area contributed by atoms with E-state index in [1.165, 1.54) is 60.7 Å². The lowest BCUT2D eigenvalue weighted by Gasteiger charge is -2.26. The fourth-order valence-electron chi connectivity index (χ4n) is 7.50. The van der Waals surface area contributed by atoms with E-state index in [9.17, 15) is 22.0 Å². The van der Waals surface area contributed by atoms with Gasteiger partial charge in [-0.2, -0.15) is 0 Å². The molecular formula is C54H36F5N3. The van der Waals surface area contributed by atoms with Crippen LogP contribution in [0.25, 0.3) is 22.3 Å². The van der Waals surface area contributed by atoms with Gasteiger partial charge in [0, 0.05) is 51.2 Å². The number of hydrogen-bond donors (Lipinski definition) is 0. The number of halogens is 5. The van der Waals surface area contributed by atoms with Crippen LogP contribution in [0.3, 0.4) is 0 Å². The van der Waals surface area contributed by atoms with Crippen LogP contribution < -0.4 is 14.7 Å². The minimum atomic E-state index is -0.345. The smallest absolute Gasteiger partial charge is 0.123 e. The summed E-state index contributed by atoms with van der Waals surface area (Å²) < 4.78 is 69.5. The Kier molecular flexibility index (Phi) is 11.0. The molecule has 9 rings (SSSR count). The van der Waals surface area contributed by atoms with Crippen molar-refractivity contribution in [3.63, 3.8) is 0 Å². The number of nitrogens with zero attached hydrogens (tertiary/aromatic N) is 3. The zero-order valence-corrected chi connectivity index (χ0v) is 33.0. The summed E-state index contributed by atoms with van der Waals surface area (Å²) >= 11 is 0. The second-order valence-electron chi connectivity index (χ2n) is 14.6. The maximum Gasteiger partial charge on any atom is 0.123 e. The predicted molar refractivity (Wildman–Crippen MR) is 241 cm³/mol. The number of hydrogen-bond acceptors (Lipinski definition) is 3. The van der Waals surface area contributed by atoms with Crippen molar-refractivity contribution in [3.05, 3.63) is 247 Å². The Bertz CT molecular complexity index is 2610. The molecule has 0 heterocycles. The molecule has 302 valence electrons. The third-order valence-electron chi connectivity index (χ3n) is 10.6. The third-order valence-corrected chi connectivity index (χ3v) is 10.6. The summed E-state index contributed by atoms with van der Waals surface area (Å²) in [6, 6.07) is 63.2. The van der Waals surface area contributed by atoms with E-state index in [0.29, 0.717) is 0 Å². The van der Waals surface area contributed by atoms with Crippen LogP contribution in [0.4, 0.5) is 73.1 Å². The molecule has 8 heteroatoms. The number of anilines is 9. The highest BCUT2D eigenvalue weighted by atomic mass is 19.1. The van der Waals surface area contributed by atoms with Gasteiger partial charge in [0.2, 0.25) is 0 Å². The summed E-state index contributed by atoms with van der Waals surface area (Å²) in [4.78, 5) is 5.94. The predicted octanol–water partition coefficient (Wildman–Crippen LogP) is 16.1. The summed E-state index contributed by atoms with van der Waals surface area (Å²) in [5.41, 5.74) is 11.0. The molecule has 0 atom stereocenters. The van der Waals surface area contributed by atoms with Crippen molar-refractivity contribution in [2.45, 2.75) is 0 Å². The molecular weight excluding hydrogens is 786 g/mol. The van der Waals surface area contributed by atoms with Gasteiger partial charge in [0.1, 0.15) is 29.1 Å². The van der Waals surface area contributed by atoms with Crippen LogP contribution in [0, 0.1) is 29.1 Å². The molecule has 0 aliphatic rings. The molecule has 0 fully saturated rings. The summed E-state index contributed by atoms with van der Waals surface area (Å²) in [6.07, 6.45) is 0. The largest absolute Gasteiger partial charge is 0.311 e. The number of rotatable bonds is 11. The molecule has 0 saturated heterocycles. The van der Waals surface area contributed by atoms with Crippen molar-refractivity contribution in [2.75, 3.05) is 14.7 Å². The van der Waals surface area contributed by atoms with Gasteiger partial charge in [-0.1, -0.05) is 48.5 Å². The second-order valence-corrected chi connectivity index (χ2v) is 14.6. The Morgan fingerprint density at radius 1 is 0.161 bits per heavy atom. The van der Waals surface area contributed by atoms with E-state index in [1.807, 2.05) is 107 Å². The van der Waals surface area contributed by atoms with Gasteiger partial charge in [0.15, 0.2) is 0 Å². The maximum absolute atomic E-state index is 14.2. The minimum Gasteiger partial charge on any atom is -0.311 e. The number of benzene rings is 9. The van der Waals surface area contributed by atoms with E-state index in [-0.39, 0.29) is 29.1 Å².